The highest BCUT2D eigenvalue weighted by molar-refractivity contribution is 9.11. The lowest BCUT2D eigenvalue weighted by Gasteiger charge is -2.19. The number of rotatable bonds is 25. The lowest BCUT2D eigenvalue weighted by atomic mass is 9.92. The van der Waals surface area contributed by atoms with Crippen molar-refractivity contribution in [2.45, 2.75) is 78.4 Å². The molecule has 2 unspecified atom stereocenters. The van der Waals surface area contributed by atoms with Gasteiger partial charge in [0.1, 0.15) is 61.6 Å². The fraction of sp³-hybridized carbons (Fsp3) is 0.269. The van der Waals surface area contributed by atoms with Crippen molar-refractivity contribution in [2.24, 2.45) is 0 Å². The molecule has 2 atom stereocenters. The van der Waals surface area contributed by atoms with Gasteiger partial charge in [0.25, 0.3) is 0 Å². The number of nitrogens with one attached hydrogen (secondary N) is 2. The van der Waals surface area contributed by atoms with Crippen LogP contribution in [0, 0.1) is 36.5 Å². The first-order chi connectivity index (χ1) is 33.7. The van der Waals surface area contributed by atoms with Crippen molar-refractivity contribution < 1.29 is 49.0 Å². The molecular formula is C52H50Br2N6O10. The molecule has 18 heteroatoms. The molecule has 0 spiro atoms. The van der Waals surface area contributed by atoms with Crippen molar-refractivity contribution in [1.82, 2.24) is 20.6 Å². The maximum absolute atomic E-state index is 11.1. The largest absolute Gasteiger partial charge is 0.488 e. The SMILES string of the molecule is Cc1c(COc2cc(OCc3cncc(C#N)c3)c(CNCC(O)CC(=O)O)cc2Br)cccc1-c1cccc(COc2cc(OCc3cncc(C#N)c3)c(CNCC(O)CC(=O)O)cc2Br)c1C. The Balaban J connectivity index is 1.18. The van der Waals surface area contributed by atoms with Crippen molar-refractivity contribution in [3.63, 3.8) is 0 Å². The molecule has 0 aliphatic heterocycles. The summed E-state index contributed by atoms with van der Waals surface area (Å²) in [5.74, 6) is -0.209. The van der Waals surface area contributed by atoms with Crippen LogP contribution in [0.5, 0.6) is 23.0 Å². The molecule has 0 saturated carbocycles. The number of carbonyl (C=O) groups is 2. The van der Waals surface area contributed by atoms with Crippen molar-refractivity contribution in [1.29, 1.82) is 10.5 Å². The Morgan fingerprint density at radius 1 is 0.586 bits per heavy atom. The highest BCUT2D eigenvalue weighted by Gasteiger charge is 2.18. The summed E-state index contributed by atoms with van der Waals surface area (Å²) >= 11 is 7.31. The third-order valence-corrected chi connectivity index (χ3v) is 12.3. The summed E-state index contributed by atoms with van der Waals surface area (Å²) < 4.78 is 26.7. The minimum absolute atomic E-state index is 0.0515. The Bertz CT molecular complexity index is 2710. The molecule has 6 N–H and O–H groups in total. The molecule has 16 nitrogen and oxygen atoms in total. The molecule has 0 aliphatic rings. The molecule has 0 saturated heterocycles. The van der Waals surface area contributed by atoms with Crippen molar-refractivity contribution in [3.8, 4) is 46.3 Å². The zero-order valence-corrected chi connectivity index (χ0v) is 41.4. The topological polar surface area (TPSA) is 249 Å². The molecule has 6 rings (SSSR count). The van der Waals surface area contributed by atoms with E-state index < -0.39 is 37.0 Å². The first-order valence-electron chi connectivity index (χ1n) is 21.9. The van der Waals surface area contributed by atoms with Crippen LogP contribution in [-0.2, 0) is 49.1 Å². The van der Waals surface area contributed by atoms with Crippen LogP contribution in [0.15, 0.2) is 107 Å². The second-order valence-electron chi connectivity index (χ2n) is 16.3. The van der Waals surface area contributed by atoms with Gasteiger partial charge in [-0.05, 0) is 103 Å². The van der Waals surface area contributed by atoms with Crippen molar-refractivity contribution in [3.05, 3.63) is 162 Å². The number of ether oxygens (including phenoxy) is 4. The Morgan fingerprint density at radius 3 is 1.37 bits per heavy atom. The third-order valence-electron chi connectivity index (χ3n) is 11.0. The Morgan fingerprint density at radius 2 is 0.986 bits per heavy atom. The van der Waals surface area contributed by atoms with Gasteiger partial charge in [-0.25, -0.2) is 0 Å². The molecule has 0 fully saturated rings. The average Bonchev–Trinajstić information content (AvgIpc) is 3.33. The highest BCUT2D eigenvalue weighted by Crippen LogP contribution is 2.37. The maximum atomic E-state index is 11.1. The number of aromatic nitrogens is 2. The first-order valence-corrected chi connectivity index (χ1v) is 23.5. The van der Waals surface area contributed by atoms with Gasteiger partial charge in [-0.15, -0.1) is 0 Å². The van der Waals surface area contributed by atoms with E-state index >= 15 is 0 Å². The van der Waals surface area contributed by atoms with Gasteiger partial charge in [-0.1, -0.05) is 36.4 Å². The molecule has 70 heavy (non-hydrogen) atoms. The fourth-order valence-corrected chi connectivity index (χ4v) is 8.37. The van der Waals surface area contributed by atoms with E-state index in [2.05, 4.69) is 76.7 Å². The molecule has 4 aromatic carbocycles. The third kappa shape index (κ3) is 15.0. The van der Waals surface area contributed by atoms with Crippen LogP contribution in [0.25, 0.3) is 11.1 Å². The van der Waals surface area contributed by atoms with E-state index in [9.17, 15) is 30.3 Å². The van der Waals surface area contributed by atoms with Gasteiger partial charge < -0.3 is 50.0 Å². The zero-order valence-electron chi connectivity index (χ0n) is 38.2. The van der Waals surface area contributed by atoms with Crippen LogP contribution in [0.3, 0.4) is 0 Å². The summed E-state index contributed by atoms with van der Waals surface area (Å²) in [5.41, 5.74) is 9.57. The molecule has 0 bridgehead atoms. The quantitative estimate of drug-likeness (QED) is 0.0316. The second kappa shape index (κ2) is 25.6. The number of carboxylic acids is 2. The number of aliphatic hydroxyl groups is 2. The highest BCUT2D eigenvalue weighted by atomic mass is 79.9. The van der Waals surface area contributed by atoms with Gasteiger partial charge in [-0.2, -0.15) is 10.5 Å². The van der Waals surface area contributed by atoms with Crippen LogP contribution >= 0.6 is 31.9 Å². The Labute approximate surface area is 421 Å². The zero-order chi connectivity index (χ0) is 50.2. The first kappa shape index (κ1) is 52.5. The number of nitriles is 2. The molecule has 0 amide bonds. The second-order valence-corrected chi connectivity index (χ2v) is 18.0. The summed E-state index contributed by atoms with van der Waals surface area (Å²) in [6, 6.07) is 26.9. The number of pyridine rings is 2. The predicted octanol–water partition coefficient (Wildman–Crippen LogP) is 8.20. The number of hydrogen-bond donors (Lipinski definition) is 6. The minimum Gasteiger partial charge on any atom is -0.488 e. The minimum atomic E-state index is -1.10. The lowest BCUT2D eigenvalue weighted by Crippen LogP contribution is -2.28. The van der Waals surface area contributed by atoms with Crippen molar-refractivity contribution >= 4 is 43.8 Å². The number of aliphatic hydroxyl groups excluding tert-OH is 2. The number of aliphatic carboxylic acids is 2. The van der Waals surface area contributed by atoms with Gasteiger partial charge in [0.05, 0.1) is 45.1 Å². The normalized spacial score (nSPS) is 11.8. The molecule has 0 aliphatic carbocycles. The van der Waals surface area contributed by atoms with Gasteiger partial charge in [0.2, 0.25) is 0 Å². The van der Waals surface area contributed by atoms with E-state index in [1.54, 1.807) is 36.7 Å². The number of halogens is 2. The van der Waals surface area contributed by atoms with Gasteiger partial charge in [0, 0.05) is 85.4 Å². The summed E-state index contributed by atoms with van der Waals surface area (Å²) in [7, 11) is 0. The van der Waals surface area contributed by atoms with E-state index in [1.165, 1.54) is 12.4 Å². The van der Waals surface area contributed by atoms with E-state index in [-0.39, 0.29) is 52.6 Å². The Hall–Kier alpha value is -6.90. The fourth-order valence-electron chi connectivity index (χ4n) is 7.36. The number of hydrogen-bond acceptors (Lipinski definition) is 14. The number of carboxylic acid groups (broad SMARTS) is 2. The summed E-state index contributed by atoms with van der Waals surface area (Å²) in [5, 5.41) is 63.2. The number of nitrogens with zero attached hydrogens (tertiary/aromatic N) is 4. The smallest absolute Gasteiger partial charge is 0.306 e. The van der Waals surface area contributed by atoms with Crippen LogP contribution < -0.4 is 29.6 Å². The van der Waals surface area contributed by atoms with Gasteiger partial charge >= 0.3 is 11.9 Å². The van der Waals surface area contributed by atoms with Gasteiger partial charge in [0.15, 0.2) is 0 Å². The number of benzene rings is 4. The lowest BCUT2D eigenvalue weighted by molar-refractivity contribution is -0.140. The van der Waals surface area contributed by atoms with E-state index in [1.807, 2.05) is 50.2 Å². The molecular weight excluding hydrogens is 1030 g/mol. The molecule has 2 aromatic heterocycles. The van der Waals surface area contributed by atoms with Crippen LogP contribution in [0.1, 0.15) is 68.5 Å². The summed E-state index contributed by atoms with van der Waals surface area (Å²) in [6.07, 6.45) is 3.24. The average molecular weight is 1080 g/mol. The summed E-state index contributed by atoms with van der Waals surface area (Å²) in [6.45, 7) is 5.38. The predicted molar refractivity (Wildman–Crippen MR) is 265 cm³/mol. The molecule has 6 aromatic rings. The van der Waals surface area contributed by atoms with E-state index in [0.717, 1.165) is 44.5 Å². The Kier molecular flexibility index (Phi) is 19.2. The van der Waals surface area contributed by atoms with E-state index in [0.29, 0.717) is 54.2 Å². The van der Waals surface area contributed by atoms with Crippen LogP contribution in [0.2, 0.25) is 0 Å². The molecule has 0 radical (unpaired) electrons. The van der Waals surface area contributed by atoms with E-state index in [4.69, 9.17) is 29.2 Å². The standard InChI is InChI=1S/C52H50Br2N6O10/c1-31-37(29-69-49-15-47(67-27-35-9-33(17-55)19-57-21-35)39(11-45(49)53)23-59-25-41(61)13-51(63)64)5-3-7-43(31)44-8-4-6-38(32(44)2)30-70-50-16-48(68-28-36-10-34(18-56)20-58-22-36)40(12-46(50)54)24-60-26-42(62)14-52(65)66/h3-12,15-16,19-22,41-42,59-62H,13-14,23-30H2,1-2H3,(H,63,64)(H,65,66). The monoisotopic (exact) mass is 1080 g/mol. The van der Waals surface area contributed by atoms with Crippen LogP contribution in [-0.4, -0.2) is 67.6 Å². The van der Waals surface area contributed by atoms with Crippen molar-refractivity contribution in [2.75, 3.05) is 13.1 Å². The summed E-state index contributed by atoms with van der Waals surface area (Å²) in [4.78, 5) is 30.4. The van der Waals surface area contributed by atoms with Crippen LogP contribution in [0.4, 0.5) is 0 Å². The maximum Gasteiger partial charge on any atom is 0.306 e. The van der Waals surface area contributed by atoms with Gasteiger partial charge in [-0.3, -0.25) is 19.6 Å². The molecule has 362 valence electrons. The molecule has 2 heterocycles.